The van der Waals surface area contributed by atoms with Gasteiger partial charge in [-0.25, -0.2) is 0 Å². The van der Waals surface area contributed by atoms with Crippen molar-refractivity contribution in [3.05, 3.63) is 28.7 Å². The Kier molecular flexibility index (Phi) is 4.82. The molecule has 28 heavy (non-hydrogen) atoms. The second-order valence-corrected chi connectivity index (χ2v) is 9.40. The zero-order valence-electron chi connectivity index (χ0n) is 17.3. The van der Waals surface area contributed by atoms with Crippen LogP contribution in [0.2, 0.25) is 0 Å². The Morgan fingerprint density at radius 3 is 2.96 bits per heavy atom. The Morgan fingerprint density at radius 1 is 1.25 bits per heavy atom. The second kappa shape index (κ2) is 7.33. The van der Waals surface area contributed by atoms with E-state index in [1.165, 1.54) is 45.2 Å². The molecule has 0 radical (unpaired) electrons. The third-order valence-electron chi connectivity index (χ3n) is 7.75. The molecule has 5 rings (SSSR count). The Labute approximate surface area is 168 Å². The molecule has 1 aromatic rings. The highest BCUT2D eigenvalue weighted by Crippen LogP contribution is 2.45. The third kappa shape index (κ3) is 3.12. The second-order valence-electron chi connectivity index (χ2n) is 9.40. The molecular weight excluding hydrogens is 350 g/mol. The minimum atomic E-state index is 0.315. The van der Waals surface area contributed by atoms with Crippen LogP contribution in [0.5, 0.6) is 0 Å². The standard InChI is InChI=1S/C23H33N3O2/c1-15-20(16(2)28-24-15)8-9-22(27)26-11-5-6-17-12-18-13-19(23(17)26)14-25-10-4-3-7-21(18)25/h12,18-19,21,23H,3-11,13-14H2,1-2H3. The van der Waals surface area contributed by atoms with Crippen molar-refractivity contribution in [3.63, 3.8) is 0 Å². The first-order valence-corrected chi connectivity index (χ1v) is 11.3. The summed E-state index contributed by atoms with van der Waals surface area (Å²) < 4.78 is 5.27. The number of hydrogen-bond donors (Lipinski definition) is 0. The maximum atomic E-state index is 13.2. The van der Waals surface area contributed by atoms with E-state index in [1.807, 2.05) is 13.8 Å². The van der Waals surface area contributed by atoms with Gasteiger partial charge in [-0.05, 0) is 70.8 Å². The first kappa shape index (κ1) is 18.4. The number of carbonyl (C=O) groups excluding carboxylic acids is 1. The highest BCUT2D eigenvalue weighted by atomic mass is 16.5. The van der Waals surface area contributed by atoms with Crippen LogP contribution in [0.25, 0.3) is 0 Å². The summed E-state index contributed by atoms with van der Waals surface area (Å²) in [6.07, 6.45) is 11.6. The van der Waals surface area contributed by atoms with Crippen LogP contribution in [0, 0.1) is 25.7 Å². The Morgan fingerprint density at radius 2 is 2.14 bits per heavy atom. The average Bonchev–Trinajstić information content (AvgIpc) is 3.03. The number of carbonyl (C=O) groups is 1. The minimum Gasteiger partial charge on any atom is -0.361 e. The van der Waals surface area contributed by atoms with E-state index in [4.69, 9.17) is 4.52 Å². The van der Waals surface area contributed by atoms with Gasteiger partial charge < -0.3 is 9.42 Å². The van der Waals surface area contributed by atoms with Gasteiger partial charge in [-0.2, -0.15) is 0 Å². The Balaban J connectivity index is 1.33. The first-order valence-electron chi connectivity index (χ1n) is 11.3. The van der Waals surface area contributed by atoms with Gasteiger partial charge in [-0.1, -0.05) is 23.2 Å². The molecule has 0 spiro atoms. The molecule has 3 aliphatic heterocycles. The summed E-state index contributed by atoms with van der Waals surface area (Å²) in [6.45, 7) is 7.29. The lowest BCUT2D eigenvalue weighted by molar-refractivity contribution is -0.136. The fourth-order valence-corrected chi connectivity index (χ4v) is 6.49. The summed E-state index contributed by atoms with van der Waals surface area (Å²) in [5.74, 6) is 2.52. The zero-order valence-corrected chi connectivity index (χ0v) is 17.3. The molecule has 2 bridgehead atoms. The number of piperidine rings is 3. The van der Waals surface area contributed by atoms with Gasteiger partial charge in [0.25, 0.3) is 0 Å². The van der Waals surface area contributed by atoms with Crippen LogP contribution in [0.4, 0.5) is 0 Å². The molecule has 4 aliphatic rings. The molecule has 152 valence electrons. The molecule has 1 aromatic heterocycles. The third-order valence-corrected chi connectivity index (χ3v) is 7.75. The van der Waals surface area contributed by atoms with Gasteiger partial charge in [0, 0.05) is 31.1 Å². The highest BCUT2D eigenvalue weighted by molar-refractivity contribution is 5.77. The van der Waals surface area contributed by atoms with Crippen molar-refractivity contribution >= 4 is 5.91 Å². The normalized spacial score (nSPS) is 32.5. The van der Waals surface area contributed by atoms with Crippen molar-refractivity contribution in [2.75, 3.05) is 19.6 Å². The van der Waals surface area contributed by atoms with Crippen molar-refractivity contribution in [3.8, 4) is 0 Å². The average molecular weight is 384 g/mol. The van der Waals surface area contributed by atoms with Crippen LogP contribution in [0.15, 0.2) is 16.2 Å². The van der Waals surface area contributed by atoms with Gasteiger partial charge in [0.1, 0.15) is 5.76 Å². The van der Waals surface area contributed by atoms with Crippen LogP contribution in [0.1, 0.15) is 62.0 Å². The van der Waals surface area contributed by atoms with Crippen molar-refractivity contribution in [2.45, 2.75) is 77.3 Å². The lowest BCUT2D eigenvalue weighted by Gasteiger charge is -2.54. The predicted molar refractivity (Wildman–Crippen MR) is 108 cm³/mol. The van der Waals surface area contributed by atoms with E-state index in [0.29, 0.717) is 24.3 Å². The van der Waals surface area contributed by atoms with Crippen molar-refractivity contribution in [1.82, 2.24) is 15.0 Å². The molecule has 1 amide bonds. The molecule has 4 heterocycles. The molecule has 0 aromatic carbocycles. The molecule has 1 aliphatic carbocycles. The summed E-state index contributed by atoms with van der Waals surface area (Å²) in [7, 11) is 0. The van der Waals surface area contributed by atoms with E-state index < -0.39 is 0 Å². The van der Waals surface area contributed by atoms with Crippen molar-refractivity contribution in [2.24, 2.45) is 11.8 Å². The predicted octanol–water partition coefficient (Wildman–Crippen LogP) is 3.65. The molecule has 3 fully saturated rings. The van der Waals surface area contributed by atoms with Crippen LogP contribution < -0.4 is 0 Å². The van der Waals surface area contributed by atoms with Gasteiger partial charge >= 0.3 is 0 Å². The first-order chi connectivity index (χ1) is 13.6. The number of amides is 1. The van der Waals surface area contributed by atoms with Gasteiger partial charge in [-0.15, -0.1) is 0 Å². The van der Waals surface area contributed by atoms with Crippen LogP contribution >= 0.6 is 0 Å². The molecule has 0 saturated carbocycles. The van der Waals surface area contributed by atoms with Crippen molar-refractivity contribution < 1.29 is 9.32 Å². The van der Waals surface area contributed by atoms with E-state index in [9.17, 15) is 4.79 Å². The topological polar surface area (TPSA) is 49.6 Å². The molecular formula is C23H33N3O2. The van der Waals surface area contributed by atoms with Gasteiger partial charge in [0.2, 0.25) is 5.91 Å². The lowest BCUT2D eigenvalue weighted by Crippen LogP contribution is -2.60. The fraction of sp³-hybridized carbons (Fsp3) is 0.739. The monoisotopic (exact) mass is 383 g/mol. The zero-order chi connectivity index (χ0) is 19.3. The smallest absolute Gasteiger partial charge is 0.223 e. The minimum absolute atomic E-state index is 0.315. The largest absolute Gasteiger partial charge is 0.361 e. The quantitative estimate of drug-likeness (QED) is 0.748. The molecule has 3 saturated heterocycles. The lowest BCUT2D eigenvalue weighted by atomic mass is 9.68. The molecule has 5 heteroatoms. The number of nitrogens with zero attached hydrogens (tertiary/aromatic N) is 3. The van der Waals surface area contributed by atoms with Gasteiger partial charge in [0.15, 0.2) is 0 Å². The molecule has 5 nitrogen and oxygen atoms in total. The van der Waals surface area contributed by atoms with Crippen molar-refractivity contribution in [1.29, 1.82) is 0 Å². The Bertz CT molecular complexity index is 763. The number of likely N-dealkylation sites (tertiary alicyclic amines) is 1. The van der Waals surface area contributed by atoms with Gasteiger partial charge in [0.05, 0.1) is 11.7 Å². The molecule has 0 N–H and O–H groups in total. The van der Waals surface area contributed by atoms with Crippen LogP contribution in [0.3, 0.4) is 0 Å². The number of hydrogen-bond acceptors (Lipinski definition) is 4. The summed E-state index contributed by atoms with van der Waals surface area (Å²) in [5, 5.41) is 4.04. The van der Waals surface area contributed by atoms with E-state index >= 15 is 0 Å². The molecule has 4 unspecified atom stereocenters. The summed E-state index contributed by atoms with van der Waals surface area (Å²) in [6, 6.07) is 1.12. The molecule has 4 atom stereocenters. The van der Waals surface area contributed by atoms with Crippen LogP contribution in [-0.2, 0) is 11.2 Å². The number of aromatic nitrogens is 1. The van der Waals surface area contributed by atoms with E-state index in [-0.39, 0.29) is 0 Å². The number of fused-ring (bicyclic) bond motifs is 6. The summed E-state index contributed by atoms with van der Waals surface area (Å²) >= 11 is 0. The summed E-state index contributed by atoms with van der Waals surface area (Å²) in [4.78, 5) is 18.2. The fourth-order valence-electron chi connectivity index (χ4n) is 6.49. The van der Waals surface area contributed by atoms with E-state index in [2.05, 4.69) is 21.0 Å². The SMILES string of the molecule is Cc1noc(C)c1CCC(=O)N1CCCC2=CC3CC(CN4CCCCC34)C21. The van der Waals surface area contributed by atoms with E-state index in [1.54, 1.807) is 5.57 Å². The maximum Gasteiger partial charge on any atom is 0.223 e. The van der Waals surface area contributed by atoms with Gasteiger partial charge in [-0.3, -0.25) is 9.69 Å². The Hall–Kier alpha value is -1.62. The van der Waals surface area contributed by atoms with E-state index in [0.717, 1.165) is 48.4 Å². The summed E-state index contributed by atoms with van der Waals surface area (Å²) in [5.41, 5.74) is 3.61. The number of aryl methyl sites for hydroxylation is 2. The highest BCUT2D eigenvalue weighted by Gasteiger charge is 2.46. The number of rotatable bonds is 3. The van der Waals surface area contributed by atoms with Crippen LogP contribution in [-0.4, -0.2) is 52.6 Å². The maximum absolute atomic E-state index is 13.2.